The van der Waals surface area contributed by atoms with E-state index in [1.165, 1.54) is 5.56 Å². The summed E-state index contributed by atoms with van der Waals surface area (Å²) in [6.07, 6.45) is 2.52. The Labute approximate surface area is 106 Å². The van der Waals surface area contributed by atoms with Crippen LogP contribution in [0.5, 0.6) is 0 Å². The van der Waals surface area contributed by atoms with Gasteiger partial charge in [0.1, 0.15) is 0 Å². The van der Waals surface area contributed by atoms with Gasteiger partial charge in [0.2, 0.25) is 5.56 Å². The normalized spacial score (nSPS) is 22.5. The van der Waals surface area contributed by atoms with Gasteiger partial charge in [0, 0.05) is 23.7 Å². The Morgan fingerprint density at radius 2 is 1.89 bits per heavy atom. The zero-order chi connectivity index (χ0) is 12.6. The highest BCUT2D eigenvalue weighted by molar-refractivity contribution is 5.32. The van der Waals surface area contributed by atoms with Crippen molar-refractivity contribution in [2.45, 2.75) is 24.8 Å². The van der Waals surface area contributed by atoms with Crippen LogP contribution in [0.25, 0.3) is 0 Å². The van der Waals surface area contributed by atoms with Gasteiger partial charge < -0.3 is 10.7 Å². The Hall–Kier alpha value is -1.87. The number of fused-ring (bicyclic) bond motifs is 1. The van der Waals surface area contributed by atoms with Gasteiger partial charge in [-0.3, -0.25) is 4.79 Å². The number of nitrogens with one attached hydrogen (secondary N) is 1. The average molecular weight is 240 g/mol. The molecule has 3 N–H and O–H groups in total. The van der Waals surface area contributed by atoms with E-state index in [0.29, 0.717) is 6.42 Å². The molecule has 1 aliphatic carbocycles. The van der Waals surface area contributed by atoms with Crippen molar-refractivity contribution in [3.8, 4) is 0 Å². The Morgan fingerprint density at radius 1 is 1.11 bits per heavy atom. The number of benzene rings is 1. The summed E-state index contributed by atoms with van der Waals surface area (Å²) in [4.78, 5) is 14.3. The molecule has 0 spiro atoms. The Balaban J connectivity index is 2.01. The average Bonchev–Trinajstić information content (AvgIpc) is 2.39. The Bertz CT molecular complexity index is 618. The summed E-state index contributed by atoms with van der Waals surface area (Å²) in [7, 11) is 0. The molecule has 1 aromatic heterocycles. The van der Waals surface area contributed by atoms with Gasteiger partial charge in [0.15, 0.2) is 0 Å². The van der Waals surface area contributed by atoms with Gasteiger partial charge >= 0.3 is 0 Å². The first kappa shape index (κ1) is 11.2. The predicted molar refractivity (Wildman–Crippen MR) is 71.4 cm³/mol. The molecule has 0 radical (unpaired) electrons. The number of nitrogens with two attached hydrogens (primary N) is 1. The maximum atomic E-state index is 11.4. The van der Waals surface area contributed by atoms with Gasteiger partial charge in [-0.05, 0) is 24.0 Å². The molecule has 0 bridgehead atoms. The third-order valence-corrected chi connectivity index (χ3v) is 3.78. The highest BCUT2D eigenvalue weighted by Crippen LogP contribution is 2.32. The van der Waals surface area contributed by atoms with Crippen LogP contribution in [0, 0.1) is 0 Å². The van der Waals surface area contributed by atoms with E-state index in [1.807, 2.05) is 24.3 Å². The van der Waals surface area contributed by atoms with E-state index in [9.17, 15) is 4.79 Å². The van der Waals surface area contributed by atoms with Crippen LogP contribution in [0.3, 0.4) is 0 Å². The van der Waals surface area contributed by atoms with Crippen molar-refractivity contribution in [1.29, 1.82) is 0 Å². The van der Waals surface area contributed by atoms with Gasteiger partial charge in [-0.25, -0.2) is 0 Å². The fourth-order valence-corrected chi connectivity index (χ4v) is 2.72. The number of hydrogen-bond donors (Lipinski definition) is 2. The molecule has 1 heterocycles. The predicted octanol–water partition coefficient (Wildman–Crippen LogP) is 1.72. The molecule has 3 heteroatoms. The maximum Gasteiger partial charge on any atom is 0.248 e. The highest BCUT2D eigenvalue weighted by Gasteiger charge is 2.32. The van der Waals surface area contributed by atoms with Crippen molar-refractivity contribution < 1.29 is 0 Å². The van der Waals surface area contributed by atoms with Crippen molar-refractivity contribution in [3.05, 3.63) is 69.6 Å². The topological polar surface area (TPSA) is 58.9 Å². The molecule has 0 amide bonds. The summed E-state index contributed by atoms with van der Waals surface area (Å²) in [5.74, 6) is 0. The van der Waals surface area contributed by atoms with E-state index >= 15 is 0 Å². The highest BCUT2D eigenvalue weighted by atomic mass is 16.1. The number of rotatable bonds is 1. The lowest BCUT2D eigenvalue weighted by Gasteiger charge is -2.34. The summed E-state index contributed by atoms with van der Waals surface area (Å²) in [6, 6.07) is 13.6. The molecular weight excluding hydrogens is 224 g/mol. The monoisotopic (exact) mass is 240 g/mol. The van der Waals surface area contributed by atoms with E-state index in [4.69, 9.17) is 5.73 Å². The molecule has 0 saturated carbocycles. The molecule has 1 unspecified atom stereocenters. The molecule has 18 heavy (non-hydrogen) atoms. The van der Waals surface area contributed by atoms with Crippen LogP contribution in [0.15, 0.2) is 47.3 Å². The van der Waals surface area contributed by atoms with Crippen LogP contribution < -0.4 is 11.3 Å². The third kappa shape index (κ3) is 1.87. The van der Waals surface area contributed by atoms with E-state index in [1.54, 1.807) is 6.07 Å². The van der Waals surface area contributed by atoms with Crippen LogP contribution in [-0.2, 0) is 18.4 Å². The quantitative estimate of drug-likeness (QED) is 0.797. The maximum absolute atomic E-state index is 11.4. The van der Waals surface area contributed by atoms with Crippen LogP contribution in [-0.4, -0.2) is 4.98 Å². The Kier molecular flexibility index (Phi) is 2.56. The summed E-state index contributed by atoms with van der Waals surface area (Å²) in [6.45, 7) is 0. The molecule has 3 rings (SSSR count). The lowest BCUT2D eigenvalue weighted by Crippen LogP contribution is -2.43. The fraction of sp³-hybridized carbons (Fsp3) is 0.267. The molecule has 1 atom stereocenters. The molecule has 2 aromatic rings. The SMILES string of the molecule is NC1(c2ccccc2)CCc2ccc(=O)[nH]c2C1. The molecule has 92 valence electrons. The minimum absolute atomic E-state index is 0.0499. The van der Waals surface area contributed by atoms with Crippen LogP contribution in [0.2, 0.25) is 0 Å². The summed E-state index contributed by atoms with van der Waals surface area (Å²) in [5.41, 5.74) is 9.45. The minimum atomic E-state index is -0.363. The smallest absolute Gasteiger partial charge is 0.248 e. The second kappa shape index (κ2) is 4.10. The van der Waals surface area contributed by atoms with Crippen molar-refractivity contribution in [2.75, 3.05) is 0 Å². The van der Waals surface area contributed by atoms with Gasteiger partial charge in [0.05, 0.1) is 0 Å². The van der Waals surface area contributed by atoms with Gasteiger partial charge in [-0.15, -0.1) is 0 Å². The fourth-order valence-electron chi connectivity index (χ4n) is 2.72. The van der Waals surface area contributed by atoms with Crippen molar-refractivity contribution in [3.63, 3.8) is 0 Å². The summed E-state index contributed by atoms with van der Waals surface area (Å²) in [5, 5.41) is 0. The van der Waals surface area contributed by atoms with Gasteiger partial charge in [-0.1, -0.05) is 36.4 Å². The van der Waals surface area contributed by atoms with Crippen molar-refractivity contribution in [1.82, 2.24) is 4.98 Å². The molecule has 0 saturated heterocycles. The first-order valence-electron chi connectivity index (χ1n) is 6.23. The number of hydrogen-bond acceptors (Lipinski definition) is 2. The number of aromatic nitrogens is 1. The number of aromatic amines is 1. The second-order valence-corrected chi connectivity index (χ2v) is 5.03. The summed E-state index contributed by atoms with van der Waals surface area (Å²) >= 11 is 0. The van der Waals surface area contributed by atoms with E-state index in [-0.39, 0.29) is 11.1 Å². The van der Waals surface area contributed by atoms with Gasteiger partial charge in [-0.2, -0.15) is 0 Å². The second-order valence-electron chi connectivity index (χ2n) is 5.03. The molecular formula is C15H16N2O. The third-order valence-electron chi connectivity index (χ3n) is 3.78. The first-order chi connectivity index (χ1) is 8.67. The number of pyridine rings is 1. The first-order valence-corrected chi connectivity index (χ1v) is 6.23. The van der Waals surface area contributed by atoms with Gasteiger partial charge in [0.25, 0.3) is 0 Å². The largest absolute Gasteiger partial charge is 0.326 e. The lowest BCUT2D eigenvalue weighted by molar-refractivity contribution is 0.379. The van der Waals surface area contributed by atoms with Crippen molar-refractivity contribution >= 4 is 0 Å². The lowest BCUT2D eigenvalue weighted by atomic mass is 9.76. The van der Waals surface area contributed by atoms with Crippen molar-refractivity contribution in [2.24, 2.45) is 5.73 Å². The van der Waals surface area contributed by atoms with E-state index in [0.717, 1.165) is 24.1 Å². The molecule has 0 aliphatic heterocycles. The van der Waals surface area contributed by atoms with E-state index < -0.39 is 0 Å². The number of H-pyrrole nitrogens is 1. The van der Waals surface area contributed by atoms with Crippen LogP contribution >= 0.6 is 0 Å². The standard InChI is InChI=1S/C15H16N2O/c16-15(12-4-2-1-3-5-12)9-8-11-6-7-14(18)17-13(11)10-15/h1-7H,8-10,16H2,(H,17,18). The van der Waals surface area contributed by atoms with Crippen LogP contribution in [0.1, 0.15) is 23.2 Å². The number of aryl methyl sites for hydroxylation is 1. The van der Waals surface area contributed by atoms with E-state index in [2.05, 4.69) is 17.1 Å². The zero-order valence-electron chi connectivity index (χ0n) is 10.1. The Morgan fingerprint density at radius 3 is 2.67 bits per heavy atom. The zero-order valence-corrected chi connectivity index (χ0v) is 10.1. The molecule has 3 nitrogen and oxygen atoms in total. The van der Waals surface area contributed by atoms with Crippen LogP contribution in [0.4, 0.5) is 0 Å². The molecule has 0 fully saturated rings. The molecule has 1 aromatic carbocycles. The molecule has 1 aliphatic rings. The minimum Gasteiger partial charge on any atom is -0.326 e. The summed E-state index contributed by atoms with van der Waals surface area (Å²) < 4.78 is 0.